The minimum Gasteiger partial charge on any atom is -0.506 e. The van der Waals surface area contributed by atoms with Crippen LogP contribution >= 0.6 is 0 Å². The molecule has 3 atom stereocenters. The molecule has 124 valence electrons. The summed E-state index contributed by atoms with van der Waals surface area (Å²) in [7, 11) is 0. The molecule has 3 fully saturated rings. The van der Waals surface area contributed by atoms with Gasteiger partial charge in [0.15, 0.2) is 0 Å². The van der Waals surface area contributed by atoms with Gasteiger partial charge >= 0.3 is 0 Å². The van der Waals surface area contributed by atoms with Gasteiger partial charge in [0.1, 0.15) is 5.75 Å². The van der Waals surface area contributed by atoms with Gasteiger partial charge in [-0.25, -0.2) is 0 Å². The van der Waals surface area contributed by atoms with Crippen molar-refractivity contribution in [3.63, 3.8) is 0 Å². The van der Waals surface area contributed by atoms with Gasteiger partial charge in [-0.3, -0.25) is 4.79 Å². The normalized spacial score (nSPS) is 30.0. The molecule has 1 N–H and O–H groups in total. The van der Waals surface area contributed by atoms with E-state index in [1.807, 2.05) is 23.1 Å². The Morgan fingerprint density at radius 1 is 1.09 bits per heavy atom. The molecule has 1 amide bonds. The summed E-state index contributed by atoms with van der Waals surface area (Å²) in [5.41, 5.74) is 0.882. The molecular formula is C19H26N2O2. The summed E-state index contributed by atoms with van der Waals surface area (Å²) in [6.07, 6.45) is 6.17. The minimum atomic E-state index is 0.328. The van der Waals surface area contributed by atoms with Crippen molar-refractivity contribution in [1.82, 2.24) is 4.90 Å². The van der Waals surface area contributed by atoms with E-state index in [9.17, 15) is 9.90 Å². The van der Waals surface area contributed by atoms with Crippen molar-refractivity contribution >= 4 is 11.6 Å². The predicted octanol–water partition coefficient (Wildman–Crippen LogP) is 2.87. The third-order valence-corrected chi connectivity index (χ3v) is 6.18. The van der Waals surface area contributed by atoms with Crippen LogP contribution in [0.3, 0.4) is 0 Å². The Hall–Kier alpha value is -1.71. The molecule has 2 aliphatic carbocycles. The van der Waals surface area contributed by atoms with Gasteiger partial charge in [0.05, 0.1) is 5.69 Å². The molecule has 23 heavy (non-hydrogen) atoms. The average molecular weight is 314 g/mol. The number of fused-ring (bicyclic) bond motifs is 2. The van der Waals surface area contributed by atoms with E-state index in [0.29, 0.717) is 17.6 Å². The quantitative estimate of drug-likeness (QED) is 0.933. The van der Waals surface area contributed by atoms with Crippen molar-refractivity contribution in [2.24, 2.45) is 17.8 Å². The molecule has 1 heterocycles. The second-order valence-corrected chi connectivity index (χ2v) is 7.50. The zero-order chi connectivity index (χ0) is 15.8. The lowest BCUT2D eigenvalue weighted by Gasteiger charge is -2.37. The van der Waals surface area contributed by atoms with Crippen LogP contribution < -0.4 is 4.90 Å². The summed E-state index contributed by atoms with van der Waals surface area (Å²) in [5, 5.41) is 9.97. The first-order valence-electron chi connectivity index (χ1n) is 9.01. The van der Waals surface area contributed by atoms with Gasteiger partial charge < -0.3 is 14.9 Å². The topological polar surface area (TPSA) is 43.8 Å². The Morgan fingerprint density at radius 2 is 1.87 bits per heavy atom. The number of carbonyl (C=O) groups is 1. The van der Waals surface area contributed by atoms with E-state index in [4.69, 9.17) is 0 Å². The van der Waals surface area contributed by atoms with E-state index in [1.54, 1.807) is 6.07 Å². The fraction of sp³-hybridized carbons (Fsp3) is 0.632. The second kappa shape index (κ2) is 6.06. The molecule has 4 rings (SSSR count). The van der Waals surface area contributed by atoms with Gasteiger partial charge in [-0.2, -0.15) is 0 Å². The summed E-state index contributed by atoms with van der Waals surface area (Å²) in [6.45, 7) is 3.15. The maximum Gasteiger partial charge on any atom is 0.222 e. The van der Waals surface area contributed by atoms with Crippen LogP contribution in [-0.4, -0.2) is 42.1 Å². The van der Waals surface area contributed by atoms with Crippen LogP contribution in [0.5, 0.6) is 5.75 Å². The largest absolute Gasteiger partial charge is 0.506 e. The molecule has 1 aromatic rings. The molecule has 3 aliphatic rings. The van der Waals surface area contributed by atoms with E-state index in [2.05, 4.69) is 4.90 Å². The van der Waals surface area contributed by atoms with Crippen molar-refractivity contribution in [1.29, 1.82) is 0 Å². The Kier molecular flexibility index (Phi) is 3.92. The first-order valence-corrected chi connectivity index (χ1v) is 9.01. The molecule has 0 aromatic heterocycles. The molecule has 1 saturated heterocycles. The lowest BCUT2D eigenvalue weighted by Crippen LogP contribution is -2.49. The van der Waals surface area contributed by atoms with Crippen LogP contribution in [0.15, 0.2) is 24.3 Å². The Balaban J connectivity index is 1.31. The number of hydrogen-bond acceptors (Lipinski definition) is 3. The second-order valence-electron chi connectivity index (χ2n) is 7.50. The standard InChI is InChI=1S/C19H26N2O2/c22-18-4-2-1-3-17(18)20-7-9-21(10-8-20)19(23)13-16-12-14-5-6-15(16)11-14/h1-4,14-16,22H,5-13H2/t14-,15-,16-/m0/s1. The van der Waals surface area contributed by atoms with Gasteiger partial charge in [-0.05, 0) is 49.1 Å². The highest BCUT2D eigenvalue weighted by molar-refractivity contribution is 5.77. The molecule has 0 spiro atoms. The molecule has 1 aromatic carbocycles. The van der Waals surface area contributed by atoms with Crippen LogP contribution in [0, 0.1) is 17.8 Å². The zero-order valence-electron chi connectivity index (χ0n) is 13.7. The van der Waals surface area contributed by atoms with Crippen LogP contribution in [0.2, 0.25) is 0 Å². The van der Waals surface area contributed by atoms with Crippen LogP contribution in [0.4, 0.5) is 5.69 Å². The number of piperazine rings is 1. The summed E-state index contributed by atoms with van der Waals surface area (Å²) >= 11 is 0. The lowest BCUT2D eigenvalue weighted by atomic mass is 9.86. The van der Waals surface area contributed by atoms with Gasteiger partial charge in [0, 0.05) is 32.6 Å². The summed E-state index contributed by atoms with van der Waals surface area (Å²) in [6, 6.07) is 7.46. The molecule has 0 radical (unpaired) electrons. The Labute approximate surface area is 138 Å². The van der Waals surface area contributed by atoms with E-state index in [-0.39, 0.29) is 0 Å². The Bertz CT molecular complexity index is 580. The maximum absolute atomic E-state index is 12.6. The average Bonchev–Trinajstić information content (AvgIpc) is 3.18. The van der Waals surface area contributed by atoms with Gasteiger partial charge in [0.25, 0.3) is 0 Å². The van der Waals surface area contributed by atoms with Gasteiger partial charge in [0.2, 0.25) is 5.91 Å². The molecule has 0 unspecified atom stereocenters. The SMILES string of the molecule is O=C(C[C@@H]1C[C@H]2CC[C@H]1C2)N1CCN(c2ccccc2O)CC1. The van der Waals surface area contributed by atoms with E-state index >= 15 is 0 Å². The number of benzene rings is 1. The molecule has 2 saturated carbocycles. The van der Waals surface area contributed by atoms with Crippen molar-refractivity contribution in [2.45, 2.75) is 32.1 Å². The number of phenolic OH excluding ortho intramolecular Hbond substituents is 1. The molecule has 2 bridgehead atoms. The number of amides is 1. The van der Waals surface area contributed by atoms with Crippen molar-refractivity contribution < 1.29 is 9.90 Å². The van der Waals surface area contributed by atoms with E-state index < -0.39 is 0 Å². The molecule has 1 aliphatic heterocycles. The number of carbonyl (C=O) groups excluding carboxylic acids is 1. The van der Waals surface area contributed by atoms with E-state index in [0.717, 1.165) is 50.1 Å². The van der Waals surface area contributed by atoms with Gasteiger partial charge in [-0.15, -0.1) is 0 Å². The summed E-state index contributed by atoms with van der Waals surface area (Å²) in [5.74, 6) is 3.06. The van der Waals surface area contributed by atoms with Crippen LogP contribution in [0.1, 0.15) is 32.1 Å². The molecule has 4 heteroatoms. The third-order valence-electron chi connectivity index (χ3n) is 6.18. The summed E-state index contributed by atoms with van der Waals surface area (Å²) in [4.78, 5) is 16.8. The van der Waals surface area contributed by atoms with Crippen molar-refractivity contribution in [3.8, 4) is 5.75 Å². The van der Waals surface area contributed by atoms with E-state index in [1.165, 1.54) is 25.7 Å². The fourth-order valence-corrected chi connectivity index (χ4v) is 4.91. The highest BCUT2D eigenvalue weighted by atomic mass is 16.3. The third kappa shape index (κ3) is 2.91. The number of nitrogens with zero attached hydrogens (tertiary/aromatic N) is 2. The van der Waals surface area contributed by atoms with Crippen molar-refractivity contribution in [3.05, 3.63) is 24.3 Å². The summed E-state index contributed by atoms with van der Waals surface area (Å²) < 4.78 is 0. The fourth-order valence-electron chi connectivity index (χ4n) is 4.91. The van der Waals surface area contributed by atoms with Crippen LogP contribution in [0.25, 0.3) is 0 Å². The maximum atomic E-state index is 12.6. The zero-order valence-corrected chi connectivity index (χ0v) is 13.7. The number of rotatable bonds is 3. The number of phenols is 1. The molecular weight excluding hydrogens is 288 g/mol. The number of para-hydroxylation sites is 2. The predicted molar refractivity (Wildman–Crippen MR) is 90.5 cm³/mol. The minimum absolute atomic E-state index is 0.328. The smallest absolute Gasteiger partial charge is 0.222 e. The van der Waals surface area contributed by atoms with Crippen molar-refractivity contribution in [2.75, 3.05) is 31.1 Å². The number of hydrogen-bond donors (Lipinski definition) is 1. The Morgan fingerprint density at radius 3 is 2.52 bits per heavy atom. The first kappa shape index (κ1) is 14.9. The monoisotopic (exact) mass is 314 g/mol. The molecule has 4 nitrogen and oxygen atoms in total. The van der Waals surface area contributed by atoms with Gasteiger partial charge in [-0.1, -0.05) is 18.6 Å². The first-order chi connectivity index (χ1) is 11.2. The number of aromatic hydroxyl groups is 1. The highest BCUT2D eigenvalue weighted by Gasteiger charge is 2.40. The van der Waals surface area contributed by atoms with Crippen LogP contribution in [-0.2, 0) is 4.79 Å². The highest BCUT2D eigenvalue weighted by Crippen LogP contribution is 2.49. The number of anilines is 1. The lowest BCUT2D eigenvalue weighted by molar-refractivity contribution is -0.132.